The molecule has 0 amide bonds. The van der Waals surface area contributed by atoms with Crippen molar-refractivity contribution in [1.29, 1.82) is 0 Å². The molecule has 0 aliphatic rings. The Morgan fingerprint density at radius 3 is 2.88 bits per heavy atom. The molecule has 0 fully saturated rings. The van der Waals surface area contributed by atoms with Gasteiger partial charge in [0, 0.05) is 24.7 Å². The molecule has 0 aliphatic heterocycles. The first-order valence-electron chi connectivity index (χ1n) is 5.36. The molecule has 0 saturated heterocycles. The Hall–Kier alpha value is -1.39. The minimum Gasteiger partial charge on any atom is -0.388 e. The van der Waals surface area contributed by atoms with Crippen molar-refractivity contribution < 1.29 is 5.11 Å². The second kappa shape index (κ2) is 4.85. The summed E-state index contributed by atoms with van der Waals surface area (Å²) in [6.45, 7) is 1.92. The number of halogens is 1. The Kier molecular flexibility index (Phi) is 3.45. The zero-order valence-corrected chi connectivity index (χ0v) is 10.5. The Labute approximate surface area is 105 Å². The predicted octanol–water partition coefficient (Wildman–Crippen LogP) is 2.05. The molecule has 5 heteroatoms. The predicted molar refractivity (Wildman–Crippen MR) is 65.9 cm³/mol. The maximum Gasteiger partial charge on any atom is 0.0861 e. The largest absolute Gasteiger partial charge is 0.388 e. The van der Waals surface area contributed by atoms with Crippen molar-refractivity contribution in [3.63, 3.8) is 0 Å². The molecule has 2 aromatic rings. The van der Waals surface area contributed by atoms with Crippen molar-refractivity contribution in [2.75, 3.05) is 0 Å². The topological polar surface area (TPSA) is 50.9 Å². The summed E-state index contributed by atoms with van der Waals surface area (Å²) < 4.78 is 1.61. The van der Waals surface area contributed by atoms with E-state index in [0.717, 1.165) is 16.8 Å². The van der Waals surface area contributed by atoms with Crippen LogP contribution in [0.25, 0.3) is 0 Å². The van der Waals surface area contributed by atoms with Gasteiger partial charge in [-0.3, -0.25) is 4.68 Å². The van der Waals surface area contributed by atoms with Gasteiger partial charge in [0.15, 0.2) is 0 Å². The number of aliphatic hydroxyl groups excluding tert-OH is 1. The number of aliphatic hydroxyl groups is 1. The zero-order chi connectivity index (χ0) is 12.4. The second-order valence-electron chi connectivity index (χ2n) is 4.08. The Bertz CT molecular complexity index is 524. The quantitative estimate of drug-likeness (QED) is 0.908. The van der Waals surface area contributed by atoms with Gasteiger partial charge in [0.05, 0.1) is 11.8 Å². The van der Waals surface area contributed by atoms with Crippen LogP contribution in [0, 0.1) is 6.92 Å². The summed E-state index contributed by atoms with van der Waals surface area (Å²) in [6.07, 6.45) is 1.54. The standard InChI is InChI=1S/C12H14ClN3O/c1-8-4-3-5-10(12(8)13)11(17)6-9-7-16(2)15-14-9/h3-5,7,11,17H,6H2,1-2H3. The van der Waals surface area contributed by atoms with E-state index in [1.807, 2.05) is 25.1 Å². The number of aromatic nitrogens is 3. The van der Waals surface area contributed by atoms with Crippen LogP contribution in [0.5, 0.6) is 0 Å². The van der Waals surface area contributed by atoms with Gasteiger partial charge in [0.1, 0.15) is 0 Å². The first-order valence-corrected chi connectivity index (χ1v) is 5.74. The maximum atomic E-state index is 10.1. The van der Waals surface area contributed by atoms with E-state index in [0.29, 0.717) is 11.4 Å². The highest BCUT2D eigenvalue weighted by Crippen LogP contribution is 2.27. The van der Waals surface area contributed by atoms with Crippen molar-refractivity contribution in [1.82, 2.24) is 15.0 Å². The van der Waals surface area contributed by atoms with E-state index < -0.39 is 6.10 Å². The number of rotatable bonds is 3. The van der Waals surface area contributed by atoms with Gasteiger partial charge in [-0.05, 0) is 18.1 Å². The molecule has 0 aliphatic carbocycles. The lowest BCUT2D eigenvalue weighted by Gasteiger charge is -2.12. The average Bonchev–Trinajstić information content (AvgIpc) is 2.68. The Morgan fingerprint density at radius 1 is 1.47 bits per heavy atom. The fourth-order valence-corrected chi connectivity index (χ4v) is 1.98. The second-order valence-corrected chi connectivity index (χ2v) is 4.46. The smallest absolute Gasteiger partial charge is 0.0861 e. The lowest BCUT2D eigenvalue weighted by molar-refractivity contribution is 0.177. The number of aryl methyl sites for hydroxylation is 2. The third-order valence-corrected chi connectivity index (χ3v) is 3.15. The number of hydrogen-bond acceptors (Lipinski definition) is 3. The van der Waals surface area contributed by atoms with Gasteiger partial charge in [-0.1, -0.05) is 35.0 Å². The van der Waals surface area contributed by atoms with Crippen LogP contribution in [-0.4, -0.2) is 20.1 Å². The van der Waals surface area contributed by atoms with Crippen LogP contribution in [-0.2, 0) is 13.5 Å². The minimum absolute atomic E-state index is 0.414. The summed E-state index contributed by atoms with van der Waals surface area (Å²) in [5.74, 6) is 0. The van der Waals surface area contributed by atoms with Gasteiger partial charge >= 0.3 is 0 Å². The van der Waals surface area contributed by atoms with E-state index in [-0.39, 0.29) is 0 Å². The van der Waals surface area contributed by atoms with Gasteiger partial charge in [0.2, 0.25) is 0 Å². The molecule has 1 heterocycles. The summed E-state index contributed by atoms with van der Waals surface area (Å²) in [5.41, 5.74) is 2.44. The SMILES string of the molecule is Cc1cccc(C(O)Cc2cn(C)nn2)c1Cl. The van der Waals surface area contributed by atoms with Gasteiger partial charge < -0.3 is 5.11 Å². The Balaban J connectivity index is 2.20. The van der Waals surface area contributed by atoms with Crippen molar-refractivity contribution in [2.24, 2.45) is 7.05 Å². The van der Waals surface area contributed by atoms with Crippen LogP contribution in [0.1, 0.15) is 22.9 Å². The molecule has 2 rings (SSSR count). The first-order chi connectivity index (χ1) is 8.08. The van der Waals surface area contributed by atoms with Crippen molar-refractivity contribution >= 4 is 11.6 Å². The summed E-state index contributed by atoms with van der Waals surface area (Å²) in [4.78, 5) is 0. The molecule has 0 saturated carbocycles. The lowest BCUT2D eigenvalue weighted by atomic mass is 10.0. The van der Waals surface area contributed by atoms with E-state index >= 15 is 0 Å². The van der Waals surface area contributed by atoms with Crippen LogP contribution in [0.15, 0.2) is 24.4 Å². The molecule has 90 valence electrons. The summed E-state index contributed by atoms with van der Waals surface area (Å²) in [5, 5.41) is 18.5. The lowest BCUT2D eigenvalue weighted by Crippen LogP contribution is -2.03. The van der Waals surface area contributed by atoms with Crippen LogP contribution in [0.2, 0.25) is 5.02 Å². The molecule has 1 N–H and O–H groups in total. The molecule has 0 spiro atoms. The molecular weight excluding hydrogens is 238 g/mol. The molecular formula is C12H14ClN3O. The fourth-order valence-electron chi connectivity index (χ4n) is 1.72. The molecule has 4 nitrogen and oxygen atoms in total. The summed E-state index contributed by atoms with van der Waals surface area (Å²) >= 11 is 6.16. The van der Waals surface area contributed by atoms with Gasteiger partial charge in [0.25, 0.3) is 0 Å². The molecule has 1 atom stereocenters. The summed E-state index contributed by atoms with van der Waals surface area (Å²) in [7, 11) is 1.79. The number of nitrogens with zero attached hydrogens (tertiary/aromatic N) is 3. The van der Waals surface area contributed by atoms with Crippen molar-refractivity contribution in [2.45, 2.75) is 19.4 Å². The van der Waals surface area contributed by atoms with E-state index in [9.17, 15) is 5.11 Å². The molecule has 1 aromatic carbocycles. The van der Waals surface area contributed by atoms with Gasteiger partial charge in [-0.25, -0.2) is 0 Å². The molecule has 17 heavy (non-hydrogen) atoms. The van der Waals surface area contributed by atoms with E-state index in [1.54, 1.807) is 17.9 Å². The highest BCUT2D eigenvalue weighted by molar-refractivity contribution is 6.32. The van der Waals surface area contributed by atoms with Crippen LogP contribution in [0.3, 0.4) is 0 Å². The van der Waals surface area contributed by atoms with Crippen LogP contribution < -0.4 is 0 Å². The third kappa shape index (κ3) is 2.65. The first kappa shape index (κ1) is 12.1. The highest BCUT2D eigenvalue weighted by Gasteiger charge is 2.14. The molecule has 1 aromatic heterocycles. The highest BCUT2D eigenvalue weighted by atomic mass is 35.5. The third-order valence-electron chi connectivity index (χ3n) is 2.63. The van der Waals surface area contributed by atoms with Crippen LogP contribution >= 0.6 is 11.6 Å². The van der Waals surface area contributed by atoms with E-state index in [1.165, 1.54) is 0 Å². The molecule has 1 unspecified atom stereocenters. The van der Waals surface area contributed by atoms with E-state index in [4.69, 9.17) is 11.6 Å². The Morgan fingerprint density at radius 2 is 2.24 bits per heavy atom. The summed E-state index contributed by atoms with van der Waals surface area (Å²) in [6, 6.07) is 5.63. The van der Waals surface area contributed by atoms with Gasteiger partial charge in [-0.2, -0.15) is 0 Å². The monoisotopic (exact) mass is 251 g/mol. The molecule has 0 bridgehead atoms. The maximum absolute atomic E-state index is 10.1. The molecule has 0 radical (unpaired) electrons. The number of hydrogen-bond donors (Lipinski definition) is 1. The average molecular weight is 252 g/mol. The van der Waals surface area contributed by atoms with Crippen molar-refractivity contribution in [3.05, 3.63) is 46.2 Å². The van der Waals surface area contributed by atoms with Crippen LogP contribution in [0.4, 0.5) is 0 Å². The van der Waals surface area contributed by atoms with E-state index in [2.05, 4.69) is 10.3 Å². The minimum atomic E-state index is -0.654. The number of benzene rings is 1. The fraction of sp³-hybridized carbons (Fsp3) is 0.333. The zero-order valence-electron chi connectivity index (χ0n) is 9.76. The van der Waals surface area contributed by atoms with Crippen molar-refractivity contribution in [3.8, 4) is 0 Å². The van der Waals surface area contributed by atoms with Gasteiger partial charge in [-0.15, -0.1) is 5.10 Å². The normalized spacial score (nSPS) is 12.7.